The number of fused-ring (bicyclic) bond motifs is 2. The molecule has 4 rings (SSSR count). The number of aromatic amines is 1. The first-order valence-electron chi connectivity index (χ1n) is 6.65. The van der Waals surface area contributed by atoms with E-state index in [2.05, 4.69) is 15.0 Å². The van der Waals surface area contributed by atoms with Gasteiger partial charge in [0.05, 0.1) is 16.5 Å². The van der Waals surface area contributed by atoms with Gasteiger partial charge in [0.2, 0.25) is 0 Å². The van der Waals surface area contributed by atoms with Crippen molar-refractivity contribution in [3.63, 3.8) is 0 Å². The van der Waals surface area contributed by atoms with Crippen LogP contribution in [0.5, 0.6) is 0 Å². The van der Waals surface area contributed by atoms with E-state index in [9.17, 15) is 14.4 Å². The zero-order valence-electron chi connectivity index (χ0n) is 11.5. The van der Waals surface area contributed by atoms with Crippen LogP contribution in [0.25, 0.3) is 11.0 Å². The van der Waals surface area contributed by atoms with Crippen molar-refractivity contribution in [2.75, 3.05) is 0 Å². The van der Waals surface area contributed by atoms with Crippen molar-refractivity contribution in [2.24, 2.45) is 0 Å². The van der Waals surface area contributed by atoms with Crippen molar-refractivity contribution in [1.82, 2.24) is 20.0 Å². The van der Waals surface area contributed by atoms with Crippen molar-refractivity contribution in [1.29, 1.82) is 0 Å². The molecule has 8 heteroatoms. The minimum Gasteiger partial charge on any atom is -0.346 e. The Morgan fingerprint density at radius 3 is 2.43 bits per heavy atom. The Hall–Kier alpha value is -3.55. The fraction of sp³-hybridized carbons (Fsp3) is 0. The predicted octanol–water partition coefficient (Wildman–Crippen LogP) is 1.33. The molecule has 0 fully saturated rings. The van der Waals surface area contributed by atoms with E-state index in [0.29, 0.717) is 16.1 Å². The molecule has 1 N–H and O–H groups in total. The number of nitrogens with zero attached hydrogens (tertiary/aromatic N) is 3. The maximum absolute atomic E-state index is 12.3. The Balaban J connectivity index is 1.67. The Kier molecular flexibility index (Phi) is 2.70. The summed E-state index contributed by atoms with van der Waals surface area (Å²) in [6, 6.07) is 7.86. The van der Waals surface area contributed by atoms with Crippen LogP contribution >= 0.6 is 0 Å². The molecule has 3 heterocycles. The first-order valence-corrected chi connectivity index (χ1v) is 6.65. The predicted molar refractivity (Wildman–Crippen MR) is 76.2 cm³/mol. The van der Waals surface area contributed by atoms with Crippen LogP contribution in [-0.2, 0) is 4.84 Å². The van der Waals surface area contributed by atoms with Crippen molar-refractivity contribution in [3.05, 3.63) is 59.7 Å². The van der Waals surface area contributed by atoms with Crippen molar-refractivity contribution in [2.45, 2.75) is 0 Å². The van der Waals surface area contributed by atoms with Gasteiger partial charge in [0, 0.05) is 6.20 Å². The molecule has 2 aromatic heterocycles. The molecule has 112 valence electrons. The first kappa shape index (κ1) is 13.1. The second-order valence-electron chi connectivity index (χ2n) is 4.79. The summed E-state index contributed by atoms with van der Waals surface area (Å²) in [7, 11) is 0. The van der Waals surface area contributed by atoms with Crippen molar-refractivity contribution >= 4 is 28.8 Å². The fourth-order valence-electron chi connectivity index (χ4n) is 2.41. The van der Waals surface area contributed by atoms with Crippen LogP contribution < -0.4 is 0 Å². The number of H-pyrrole nitrogens is 1. The number of hydrogen-bond donors (Lipinski definition) is 1. The number of benzene rings is 1. The number of rotatable bonds is 2. The lowest BCUT2D eigenvalue weighted by Gasteiger charge is -2.12. The molecule has 1 aliphatic rings. The van der Waals surface area contributed by atoms with Gasteiger partial charge in [-0.2, -0.15) is 0 Å². The smallest absolute Gasteiger partial charge is 0.346 e. The van der Waals surface area contributed by atoms with E-state index in [1.807, 2.05) is 0 Å². The van der Waals surface area contributed by atoms with E-state index < -0.39 is 17.8 Å². The molecule has 1 aromatic carbocycles. The van der Waals surface area contributed by atoms with Crippen LogP contribution in [0.1, 0.15) is 31.2 Å². The molecule has 0 saturated heterocycles. The van der Waals surface area contributed by atoms with Gasteiger partial charge in [0.25, 0.3) is 11.8 Å². The van der Waals surface area contributed by atoms with Gasteiger partial charge >= 0.3 is 5.97 Å². The largest absolute Gasteiger partial charge is 0.382 e. The molecule has 1 aliphatic heterocycles. The summed E-state index contributed by atoms with van der Waals surface area (Å²) in [6.45, 7) is 0. The molecule has 0 bridgehead atoms. The van der Waals surface area contributed by atoms with Crippen molar-refractivity contribution in [3.8, 4) is 0 Å². The van der Waals surface area contributed by atoms with Gasteiger partial charge < -0.3 is 9.82 Å². The number of imide groups is 1. The molecular formula is C15H8N4O4. The number of amides is 2. The van der Waals surface area contributed by atoms with Crippen LogP contribution in [0.2, 0.25) is 0 Å². The Morgan fingerprint density at radius 1 is 1.04 bits per heavy atom. The number of hydrogen-bond acceptors (Lipinski definition) is 6. The highest BCUT2D eigenvalue weighted by Crippen LogP contribution is 2.24. The van der Waals surface area contributed by atoms with Crippen LogP contribution in [0.15, 0.2) is 42.9 Å². The highest BCUT2D eigenvalue weighted by molar-refractivity contribution is 6.21. The molecule has 0 unspecified atom stereocenters. The molecule has 8 nitrogen and oxygen atoms in total. The second-order valence-corrected chi connectivity index (χ2v) is 4.79. The average Bonchev–Trinajstić information content (AvgIpc) is 3.14. The third kappa shape index (κ3) is 1.89. The maximum atomic E-state index is 12.3. The Labute approximate surface area is 128 Å². The maximum Gasteiger partial charge on any atom is 0.382 e. The molecule has 3 aromatic rings. The molecule has 0 saturated carbocycles. The third-order valence-corrected chi connectivity index (χ3v) is 3.48. The van der Waals surface area contributed by atoms with Gasteiger partial charge in [-0.1, -0.05) is 17.2 Å². The number of carbonyl (C=O) groups is 3. The zero-order chi connectivity index (χ0) is 16.0. The molecule has 23 heavy (non-hydrogen) atoms. The average molecular weight is 308 g/mol. The summed E-state index contributed by atoms with van der Waals surface area (Å²) < 4.78 is 0. The molecule has 0 aliphatic carbocycles. The summed E-state index contributed by atoms with van der Waals surface area (Å²) in [5.74, 6) is -2.27. The van der Waals surface area contributed by atoms with E-state index in [4.69, 9.17) is 4.84 Å². The van der Waals surface area contributed by atoms with Gasteiger partial charge in [-0.15, -0.1) is 0 Å². The zero-order valence-corrected chi connectivity index (χ0v) is 11.5. The molecule has 0 spiro atoms. The minimum atomic E-state index is -0.911. The van der Waals surface area contributed by atoms with E-state index in [-0.39, 0.29) is 16.8 Å². The highest BCUT2D eigenvalue weighted by Gasteiger charge is 2.39. The first-order chi connectivity index (χ1) is 11.2. The number of aromatic nitrogens is 3. The van der Waals surface area contributed by atoms with Gasteiger partial charge in [-0.05, 0) is 18.2 Å². The topological polar surface area (TPSA) is 105 Å². The lowest BCUT2D eigenvalue weighted by atomic mass is 10.1. The molecule has 2 amide bonds. The third-order valence-electron chi connectivity index (χ3n) is 3.48. The SMILES string of the molecule is O=C(ON1C(=O)c2ccccc2C1=O)c1ncnc2[nH]ccc12. The summed E-state index contributed by atoms with van der Waals surface area (Å²) in [6.07, 6.45) is 2.79. The van der Waals surface area contributed by atoms with E-state index >= 15 is 0 Å². The van der Waals surface area contributed by atoms with E-state index in [1.54, 1.807) is 24.4 Å². The normalized spacial score (nSPS) is 13.5. The summed E-state index contributed by atoms with van der Waals surface area (Å²) >= 11 is 0. The van der Waals surface area contributed by atoms with Crippen LogP contribution in [0.4, 0.5) is 0 Å². The lowest BCUT2D eigenvalue weighted by molar-refractivity contribution is -0.0587. The summed E-state index contributed by atoms with van der Waals surface area (Å²) in [4.78, 5) is 52.3. The van der Waals surface area contributed by atoms with E-state index in [0.717, 1.165) is 0 Å². The summed E-state index contributed by atoms with van der Waals surface area (Å²) in [5, 5.41) is 0.891. The standard InChI is InChI=1S/C15H8N4O4/c20-13-8-3-1-2-4-9(8)14(21)19(13)23-15(22)11-10-5-6-16-12(10)18-7-17-11/h1-7H,(H,16,17,18). The number of carbonyl (C=O) groups excluding carboxylic acids is 3. The quantitative estimate of drug-likeness (QED) is 0.716. The second kappa shape index (κ2) is 4.73. The Bertz CT molecular complexity index is 943. The molecule has 0 atom stereocenters. The lowest BCUT2D eigenvalue weighted by Crippen LogP contribution is -2.33. The van der Waals surface area contributed by atoms with Crippen molar-refractivity contribution < 1.29 is 19.2 Å². The van der Waals surface area contributed by atoms with Crippen LogP contribution in [0, 0.1) is 0 Å². The van der Waals surface area contributed by atoms with Gasteiger partial charge in [-0.25, -0.2) is 14.8 Å². The Morgan fingerprint density at radius 2 is 1.74 bits per heavy atom. The van der Waals surface area contributed by atoms with E-state index in [1.165, 1.54) is 18.5 Å². The fourth-order valence-corrected chi connectivity index (χ4v) is 2.41. The van der Waals surface area contributed by atoms with Gasteiger partial charge in [0.15, 0.2) is 5.69 Å². The van der Waals surface area contributed by atoms with Gasteiger partial charge in [0.1, 0.15) is 12.0 Å². The van der Waals surface area contributed by atoms with Crippen LogP contribution in [-0.4, -0.2) is 37.8 Å². The number of nitrogens with one attached hydrogen (secondary N) is 1. The number of hydroxylamine groups is 2. The molecular weight excluding hydrogens is 300 g/mol. The molecule has 0 radical (unpaired) electrons. The highest BCUT2D eigenvalue weighted by atomic mass is 16.7. The summed E-state index contributed by atoms with van der Waals surface area (Å²) in [5.41, 5.74) is 0.807. The van der Waals surface area contributed by atoms with Crippen LogP contribution in [0.3, 0.4) is 0 Å². The monoisotopic (exact) mass is 308 g/mol. The minimum absolute atomic E-state index is 0.0344. The van der Waals surface area contributed by atoms with Gasteiger partial charge in [-0.3, -0.25) is 9.59 Å².